The molecule has 0 unspecified atom stereocenters. The third kappa shape index (κ3) is 2.54. The number of hydrogen-bond donors (Lipinski definition) is 0. The maximum atomic E-state index is 12.5. The fourth-order valence-electron chi connectivity index (χ4n) is 2.48. The molecule has 1 amide bonds. The van der Waals surface area contributed by atoms with E-state index in [1.54, 1.807) is 18.2 Å². The van der Waals surface area contributed by atoms with E-state index in [1.165, 1.54) is 11.1 Å². The fourth-order valence-corrected chi connectivity index (χ4v) is 2.78. The Kier molecular flexibility index (Phi) is 3.68. The lowest BCUT2D eigenvalue weighted by molar-refractivity contribution is 0.0734. The minimum absolute atomic E-state index is 0.00179. The van der Waals surface area contributed by atoms with E-state index in [1.807, 2.05) is 17.0 Å². The zero-order valence-corrected chi connectivity index (χ0v) is 12.3. The van der Waals surface area contributed by atoms with Crippen molar-refractivity contribution in [2.24, 2.45) is 0 Å². The molecule has 2 nitrogen and oxygen atoms in total. The topological polar surface area (TPSA) is 20.3 Å². The largest absolute Gasteiger partial charge is 0.334 e. The first-order valence-corrected chi connectivity index (χ1v) is 7.22. The third-order valence-corrected chi connectivity index (χ3v) is 4.32. The van der Waals surface area contributed by atoms with Crippen LogP contribution in [0.5, 0.6) is 0 Å². The Hall–Kier alpha value is -1.51. The van der Waals surface area contributed by atoms with Gasteiger partial charge in [0.05, 0.1) is 10.0 Å². The van der Waals surface area contributed by atoms with E-state index in [2.05, 4.69) is 12.1 Å². The van der Waals surface area contributed by atoms with Gasteiger partial charge in [-0.3, -0.25) is 4.79 Å². The Bertz CT molecular complexity index is 669. The van der Waals surface area contributed by atoms with Crippen LogP contribution in [0, 0.1) is 0 Å². The first kappa shape index (κ1) is 13.5. The van der Waals surface area contributed by atoms with Gasteiger partial charge in [-0.05, 0) is 35.7 Å². The highest BCUT2D eigenvalue weighted by Crippen LogP contribution is 2.25. The van der Waals surface area contributed by atoms with Crippen LogP contribution in [0.1, 0.15) is 21.5 Å². The fraction of sp³-hybridized carbons (Fsp3) is 0.188. The number of nitrogens with zero attached hydrogens (tertiary/aromatic N) is 1. The monoisotopic (exact) mass is 305 g/mol. The van der Waals surface area contributed by atoms with E-state index >= 15 is 0 Å². The highest BCUT2D eigenvalue weighted by Gasteiger charge is 2.21. The number of fused-ring (bicyclic) bond motifs is 1. The summed E-state index contributed by atoms with van der Waals surface area (Å²) in [4.78, 5) is 14.3. The van der Waals surface area contributed by atoms with Gasteiger partial charge >= 0.3 is 0 Å². The van der Waals surface area contributed by atoms with Crippen molar-refractivity contribution in [1.29, 1.82) is 0 Å². The predicted octanol–water partition coefficient (Wildman–Crippen LogP) is 4.19. The molecule has 1 aliphatic rings. The van der Waals surface area contributed by atoms with Crippen LogP contribution in [0.25, 0.3) is 0 Å². The van der Waals surface area contributed by atoms with Crippen molar-refractivity contribution < 1.29 is 4.79 Å². The van der Waals surface area contributed by atoms with Gasteiger partial charge in [0.1, 0.15) is 0 Å². The van der Waals surface area contributed by atoms with Crippen LogP contribution in [0.3, 0.4) is 0 Å². The van der Waals surface area contributed by atoms with Crippen molar-refractivity contribution in [3.8, 4) is 0 Å². The van der Waals surface area contributed by atoms with Gasteiger partial charge in [-0.1, -0.05) is 47.5 Å². The second kappa shape index (κ2) is 5.47. The summed E-state index contributed by atoms with van der Waals surface area (Å²) >= 11 is 11.9. The minimum atomic E-state index is -0.00179. The van der Waals surface area contributed by atoms with Crippen LogP contribution in [-0.2, 0) is 13.0 Å². The normalized spacial score (nSPS) is 14.0. The van der Waals surface area contributed by atoms with Gasteiger partial charge in [0, 0.05) is 18.7 Å². The first-order valence-electron chi connectivity index (χ1n) is 6.46. The lowest BCUT2D eigenvalue weighted by Crippen LogP contribution is -2.35. The van der Waals surface area contributed by atoms with Crippen LogP contribution >= 0.6 is 23.2 Å². The average molecular weight is 306 g/mol. The Morgan fingerprint density at radius 3 is 2.50 bits per heavy atom. The summed E-state index contributed by atoms with van der Waals surface area (Å²) in [7, 11) is 0. The molecule has 3 rings (SSSR count). The van der Waals surface area contributed by atoms with Crippen LogP contribution in [-0.4, -0.2) is 17.4 Å². The number of carbonyl (C=O) groups is 1. The zero-order valence-electron chi connectivity index (χ0n) is 10.8. The number of halogens is 2. The molecule has 0 aliphatic carbocycles. The van der Waals surface area contributed by atoms with E-state index in [0.29, 0.717) is 22.2 Å². The Labute approximate surface area is 127 Å². The van der Waals surface area contributed by atoms with E-state index in [4.69, 9.17) is 23.2 Å². The molecule has 0 saturated heterocycles. The van der Waals surface area contributed by atoms with Crippen LogP contribution in [0.4, 0.5) is 0 Å². The summed E-state index contributed by atoms with van der Waals surface area (Å²) < 4.78 is 0. The number of hydrogen-bond acceptors (Lipinski definition) is 1. The third-order valence-electron chi connectivity index (χ3n) is 3.58. The second-order valence-electron chi connectivity index (χ2n) is 4.87. The maximum absolute atomic E-state index is 12.5. The minimum Gasteiger partial charge on any atom is -0.334 e. The summed E-state index contributed by atoms with van der Waals surface area (Å²) in [5, 5.41) is 0.877. The average Bonchev–Trinajstić information content (AvgIpc) is 2.49. The second-order valence-corrected chi connectivity index (χ2v) is 5.69. The Morgan fingerprint density at radius 1 is 1.00 bits per heavy atom. The summed E-state index contributed by atoms with van der Waals surface area (Å²) in [5.41, 5.74) is 3.12. The number of amides is 1. The van der Waals surface area contributed by atoms with Gasteiger partial charge in [0.25, 0.3) is 5.91 Å². The molecular formula is C16H13Cl2NO. The molecule has 0 spiro atoms. The quantitative estimate of drug-likeness (QED) is 0.773. The molecule has 4 heteroatoms. The van der Waals surface area contributed by atoms with Crippen molar-refractivity contribution in [3.63, 3.8) is 0 Å². The Balaban J connectivity index is 1.84. The lowest BCUT2D eigenvalue weighted by atomic mass is 9.99. The van der Waals surface area contributed by atoms with Gasteiger partial charge in [0.2, 0.25) is 0 Å². The zero-order chi connectivity index (χ0) is 14.1. The molecule has 20 heavy (non-hydrogen) atoms. The molecule has 1 aliphatic heterocycles. The lowest BCUT2D eigenvalue weighted by Gasteiger charge is -2.29. The molecule has 2 aromatic carbocycles. The molecule has 2 aromatic rings. The molecule has 1 heterocycles. The summed E-state index contributed by atoms with van der Waals surface area (Å²) in [5.74, 6) is -0.00179. The number of carbonyl (C=O) groups excluding carboxylic acids is 1. The van der Waals surface area contributed by atoms with E-state index in [9.17, 15) is 4.79 Å². The summed E-state index contributed by atoms with van der Waals surface area (Å²) in [6.45, 7) is 1.38. The van der Waals surface area contributed by atoms with Crippen LogP contribution in [0.2, 0.25) is 10.0 Å². The summed E-state index contributed by atoms with van der Waals surface area (Å²) in [6.07, 6.45) is 0.892. The molecule has 0 radical (unpaired) electrons. The predicted molar refractivity (Wildman–Crippen MR) is 81.3 cm³/mol. The van der Waals surface area contributed by atoms with Crippen molar-refractivity contribution >= 4 is 29.1 Å². The highest BCUT2D eigenvalue weighted by atomic mass is 35.5. The molecular weight excluding hydrogens is 293 g/mol. The molecule has 0 aromatic heterocycles. The molecule has 0 N–H and O–H groups in total. The van der Waals surface area contributed by atoms with E-state index in [0.717, 1.165) is 13.0 Å². The van der Waals surface area contributed by atoms with Crippen LogP contribution < -0.4 is 0 Å². The van der Waals surface area contributed by atoms with Gasteiger partial charge in [-0.2, -0.15) is 0 Å². The maximum Gasteiger partial charge on any atom is 0.254 e. The van der Waals surface area contributed by atoms with Crippen molar-refractivity contribution in [2.75, 3.05) is 6.54 Å². The first-order chi connectivity index (χ1) is 9.65. The van der Waals surface area contributed by atoms with Crippen LogP contribution in [0.15, 0.2) is 42.5 Å². The van der Waals surface area contributed by atoms with Crippen molar-refractivity contribution in [2.45, 2.75) is 13.0 Å². The number of rotatable bonds is 1. The molecule has 0 fully saturated rings. The number of benzene rings is 2. The molecule has 102 valence electrons. The summed E-state index contributed by atoms with van der Waals surface area (Å²) in [6, 6.07) is 13.2. The van der Waals surface area contributed by atoms with Gasteiger partial charge in [-0.25, -0.2) is 0 Å². The Morgan fingerprint density at radius 2 is 1.75 bits per heavy atom. The van der Waals surface area contributed by atoms with E-state index < -0.39 is 0 Å². The van der Waals surface area contributed by atoms with E-state index in [-0.39, 0.29) is 5.91 Å². The van der Waals surface area contributed by atoms with Crippen molar-refractivity contribution in [1.82, 2.24) is 4.90 Å². The SMILES string of the molecule is O=C(c1ccc(Cl)c(Cl)c1)N1CCc2ccccc2C1. The van der Waals surface area contributed by atoms with Crippen molar-refractivity contribution in [3.05, 3.63) is 69.2 Å². The smallest absolute Gasteiger partial charge is 0.254 e. The van der Waals surface area contributed by atoms with Gasteiger partial charge in [-0.15, -0.1) is 0 Å². The standard InChI is InChI=1S/C16H13Cl2NO/c17-14-6-5-12(9-15(14)18)16(20)19-8-7-11-3-1-2-4-13(11)10-19/h1-6,9H,7-8,10H2. The highest BCUT2D eigenvalue weighted by molar-refractivity contribution is 6.42. The molecule has 0 saturated carbocycles. The molecule has 0 bridgehead atoms. The molecule has 0 atom stereocenters. The van der Waals surface area contributed by atoms with Gasteiger partial charge in [0.15, 0.2) is 0 Å². The van der Waals surface area contributed by atoms with Gasteiger partial charge < -0.3 is 4.90 Å².